The number of pyridine rings is 2. The lowest BCUT2D eigenvalue weighted by Gasteiger charge is -2.20. The largest absolute Gasteiger partial charge is 0.461 e. The minimum absolute atomic E-state index is 0.0805. The van der Waals surface area contributed by atoms with Crippen LogP contribution in [0.3, 0.4) is 0 Å². The van der Waals surface area contributed by atoms with Crippen LogP contribution in [0.15, 0.2) is 72.8 Å². The van der Waals surface area contributed by atoms with Crippen molar-refractivity contribution < 1.29 is 19.1 Å². The van der Waals surface area contributed by atoms with Crippen LogP contribution in [0.2, 0.25) is 0 Å². The van der Waals surface area contributed by atoms with Crippen molar-refractivity contribution in [3.63, 3.8) is 0 Å². The van der Waals surface area contributed by atoms with Crippen molar-refractivity contribution in [3.8, 4) is 0 Å². The molecule has 0 saturated carbocycles. The summed E-state index contributed by atoms with van der Waals surface area (Å²) in [6, 6.07) is 24.1. The van der Waals surface area contributed by atoms with E-state index >= 15 is 0 Å². The van der Waals surface area contributed by atoms with Crippen molar-refractivity contribution in [2.45, 2.75) is 52.4 Å². The molecular weight excluding hydrogens is 526 g/mol. The van der Waals surface area contributed by atoms with E-state index in [1.165, 1.54) is 0 Å². The Labute approximate surface area is 246 Å². The number of carbonyl (C=O) groups excluding carboxylic acids is 2. The Bertz CT molecular complexity index is 1600. The van der Waals surface area contributed by atoms with E-state index in [9.17, 15) is 9.59 Å². The Morgan fingerprint density at radius 2 is 1.05 bits per heavy atom. The van der Waals surface area contributed by atoms with Gasteiger partial charge in [-0.2, -0.15) is 0 Å². The van der Waals surface area contributed by atoms with Crippen molar-refractivity contribution in [1.29, 1.82) is 0 Å². The van der Waals surface area contributed by atoms with E-state index in [4.69, 9.17) is 19.4 Å². The molecule has 216 valence electrons. The summed E-state index contributed by atoms with van der Waals surface area (Å²) in [7, 11) is 1.95. The molecule has 2 aromatic carbocycles. The summed E-state index contributed by atoms with van der Waals surface area (Å²) in [4.78, 5) is 36.2. The highest BCUT2D eigenvalue weighted by molar-refractivity contribution is 6.13. The molecular formula is C35H37N3O4. The van der Waals surface area contributed by atoms with Crippen LogP contribution in [0.1, 0.15) is 95.9 Å². The lowest BCUT2D eigenvalue weighted by Crippen LogP contribution is -2.13. The lowest BCUT2D eigenvalue weighted by molar-refractivity contribution is 0.0510. The number of aromatic nitrogens is 3. The Morgan fingerprint density at radius 3 is 1.38 bits per heavy atom. The second-order valence-corrected chi connectivity index (χ2v) is 10.3. The molecule has 42 heavy (non-hydrogen) atoms. The zero-order valence-electron chi connectivity index (χ0n) is 24.9. The van der Waals surface area contributed by atoms with Gasteiger partial charge in [0.05, 0.1) is 35.6 Å². The van der Waals surface area contributed by atoms with Crippen molar-refractivity contribution in [3.05, 3.63) is 107 Å². The van der Waals surface area contributed by atoms with Gasteiger partial charge < -0.3 is 14.0 Å². The number of esters is 2. The van der Waals surface area contributed by atoms with Crippen LogP contribution in [0.4, 0.5) is 0 Å². The summed E-state index contributed by atoms with van der Waals surface area (Å²) in [5, 5.41) is 1.87. The first-order valence-corrected chi connectivity index (χ1v) is 14.7. The molecule has 0 fully saturated rings. The Kier molecular flexibility index (Phi) is 8.67. The molecule has 0 radical (unpaired) electrons. The van der Waals surface area contributed by atoms with Gasteiger partial charge in [0.25, 0.3) is 0 Å². The third-order valence-electron chi connectivity index (χ3n) is 7.88. The fourth-order valence-corrected chi connectivity index (χ4v) is 5.94. The molecule has 3 heterocycles. The maximum atomic E-state index is 13.1. The molecule has 5 rings (SSSR count). The van der Waals surface area contributed by atoms with E-state index in [-0.39, 0.29) is 36.4 Å². The summed E-state index contributed by atoms with van der Waals surface area (Å²) < 4.78 is 12.8. The van der Waals surface area contributed by atoms with E-state index in [1.807, 2.05) is 48.0 Å². The quantitative estimate of drug-likeness (QED) is 0.163. The van der Waals surface area contributed by atoms with Gasteiger partial charge in [-0.3, -0.25) is 0 Å². The first kappa shape index (κ1) is 29.0. The fourth-order valence-electron chi connectivity index (χ4n) is 5.94. The zero-order valence-corrected chi connectivity index (χ0v) is 24.9. The summed E-state index contributed by atoms with van der Waals surface area (Å²) in [6.45, 7) is 8.34. The minimum atomic E-state index is -0.463. The number of aryl methyl sites for hydroxylation is 1. The average molecular weight is 564 g/mol. The number of carbonyl (C=O) groups is 2. The SMILES string of the molecule is CCOC(=O)c1cc2c(c(C(CC)c3ccccc3)n1)c1c(C(CC)c3ccccc3)nc(C(=O)OCC)cc1n2C. The number of rotatable bonds is 10. The number of nitrogens with zero attached hydrogens (tertiary/aromatic N) is 3. The molecule has 0 spiro atoms. The Morgan fingerprint density at radius 1 is 0.667 bits per heavy atom. The molecule has 2 unspecified atom stereocenters. The minimum Gasteiger partial charge on any atom is -0.461 e. The topological polar surface area (TPSA) is 83.3 Å². The molecule has 0 amide bonds. The molecule has 0 aliphatic carbocycles. The first-order valence-electron chi connectivity index (χ1n) is 14.7. The van der Waals surface area contributed by atoms with Crippen LogP contribution in [0.25, 0.3) is 21.8 Å². The van der Waals surface area contributed by atoms with Gasteiger partial charge in [-0.15, -0.1) is 0 Å². The number of ether oxygens (including phenoxy) is 2. The van der Waals surface area contributed by atoms with E-state index in [1.54, 1.807) is 26.0 Å². The fraction of sp³-hybridized carbons (Fsp3) is 0.314. The smallest absolute Gasteiger partial charge is 0.356 e. The average Bonchev–Trinajstić information content (AvgIpc) is 3.31. The molecule has 5 aromatic rings. The molecule has 2 atom stereocenters. The van der Waals surface area contributed by atoms with Crippen molar-refractivity contribution in [2.75, 3.05) is 13.2 Å². The first-order chi connectivity index (χ1) is 20.4. The molecule has 0 aliphatic heterocycles. The van der Waals surface area contributed by atoms with Gasteiger partial charge in [-0.05, 0) is 49.9 Å². The van der Waals surface area contributed by atoms with E-state index in [2.05, 4.69) is 38.1 Å². The molecule has 7 heteroatoms. The number of hydrogen-bond donors (Lipinski definition) is 0. The molecule has 0 aliphatic rings. The Hall–Kier alpha value is -4.52. The summed E-state index contributed by atoms with van der Waals surface area (Å²) >= 11 is 0. The molecule has 7 nitrogen and oxygen atoms in total. The molecule has 3 aromatic heterocycles. The van der Waals surface area contributed by atoms with Gasteiger partial charge in [0, 0.05) is 29.7 Å². The van der Waals surface area contributed by atoms with Crippen LogP contribution in [-0.4, -0.2) is 39.7 Å². The summed E-state index contributed by atoms with van der Waals surface area (Å²) in [5.74, 6) is -1.09. The normalized spacial score (nSPS) is 12.8. The van der Waals surface area contributed by atoms with E-state index < -0.39 is 11.9 Å². The maximum Gasteiger partial charge on any atom is 0.356 e. The second kappa shape index (κ2) is 12.6. The zero-order chi connectivity index (χ0) is 29.8. The highest BCUT2D eigenvalue weighted by Crippen LogP contribution is 2.42. The highest BCUT2D eigenvalue weighted by Gasteiger charge is 2.29. The van der Waals surface area contributed by atoms with Gasteiger partial charge in [0.15, 0.2) is 11.4 Å². The van der Waals surface area contributed by atoms with Crippen LogP contribution >= 0.6 is 0 Å². The van der Waals surface area contributed by atoms with E-state index in [0.29, 0.717) is 0 Å². The third kappa shape index (κ3) is 5.27. The second-order valence-electron chi connectivity index (χ2n) is 10.3. The number of hydrogen-bond acceptors (Lipinski definition) is 6. The third-order valence-corrected chi connectivity index (χ3v) is 7.88. The summed E-state index contributed by atoms with van der Waals surface area (Å²) in [5.41, 5.74) is 6.00. The van der Waals surface area contributed by atoms with Crippen LogP contribution in [0.5, 0.6) is 0 Å². The van der Waals surface area contributed by atoms with E-state index in [0.717, 1.165) is 57.2 Å². The number of benzene rings is 2. The van der Waals surface area contributed by atoms with Crippen molar-refractivity contribution >= 4 is 33.7 Å². The van der Waals surface area contributed by atoms with Crippen molar-refractivity contribution in [1.82, 2.24) is 14.5 Å². The van der Waals surface area contributed by atoms with Crippen LogP contribution < -0.4 is 0 Å². The summed E-state index contributed by atoms with van der Waals surface area (Å²) in [6.07, 6.45) is 1.54. The number of fused-ring (bicyclic) bond motifs is 3. The highest BCUT2D eigenvalue weighted by atomic mass is 16.5. The molecule has 0 N–H and O–H groups in total. The Balaban J connectivity index is 1.94. The molecule has 0 bridgehead atoms. The maximum absolute atomic E-state index is 13.1. The lowest BCUT2D eigenvalue weighted by atomic mass is 9.87. The van der Waals surface area contributed by atoms with Gasteiger partial charge in [0.2, 0.25) is 0 Å². The standard InChI is InChI=1S/C35H37N3O4/c1-6-24(22-16-12-10-13-17-22)32-30-28(20-26(36-32)34(39)41-8-3)38(5)29-21-27(35(40)42-9-4)37-33(31(29)30)25(7-2)23-18-14-11-15-19-23/h10-21,24-25H,6-9H2,1-5H3. The van der Waals surface area contributed by atoms with Gasteiger partial charge in [-0.25, -0.2) is 19.6 Å². The predicted molar refractivity (Wildman–Crippen MR) is 165 cm³/mol. The molecule has 0 saturated heterocycles. The predicted octanol–water partition coefficient (Wildman–Crippen LogP) is 7.56. The van der Waals surface area contributed by atoms with Gasteiger partial charge in [0.1, 0.15) is 0 Å². The van der Waals surface area contributed by atoms with Crippen molar-refractivity contribution in [2.24, 2.45) is 7.05 Å². The van der Waals surface area contributed by atoms with Gasteiger partial charge >= 0.3 is 11.9 Å². The monoisotopic (exact) mass is 563 g/mol. The van der Waals surface area contributed by atoms with Gasteiger partial charge in [-0.1, -0.05) is 74.5 Å². The van der Waals surface area contributed by atoms with Crippen LogP contribution in [-0.2, 0) is 16.5 Å². The van der Waals surface area contributed by atoms with Crippen LogP contribution in [0, 0.1) is 0 Å².